The Bertz CT molecular complexity index is 1330. The van der Waals surface area contributed by atoms with E-state index in [2.05, 4.69) is 10.5 Å². The number of nitrogens with one attached hydrogen (secondary N) is 2. The van der Waals surface area contributed by atoms with Crippen LogP contribution in [0.4, 0.5) is 14.5 Å². The minimum atomic E-state index is -1.13. The fourth-order valence-corrected chi connectivity index (χ4v) is 4.00. The van der Waals surface area contributed by atoms with Gasteiger partial charge in [-0.05, 0) is 70.2 Å². The zero-order valence-electron chi connectivity index (χ0n) is 18.9. The maximum absolute atomic E-state index is 13.9. The highest BCUT2D eigenvalue weighted by molar-refractivity contribution is 6.32. The summed E-state index contributed by atoms with van der Waals surface area (Å²) >= 11 is 6.42. The van der Waals surface area contributed by atoms with Gasteiger partial charge in [-0.1, -0.05) is 61.0 Å². The summed E-state index contributed by atoms with van der Waals surface area (Å²) in [6, 6.07) is 16.6. The van der Waals surface area contributed by atoms with E-state index in [0.29, 0.717) is 23.4 Å². The van der Waals surface area contributed by atoms with Gasteiger partial charge in [0.25, 0.3) is 0 Å². The fraction of sp³-hybridized carbons (Fsp3) is 0.0769. The summed E-state index contributed by atoms with van der Waals surface area (Å²) in [7, 11) is 0. The third kappa shape index (κ3) is 5.92. The van der Waals surface area contributed by atoms with E-state index in [9.17, 15) is 8.78 Å². The number of benzene rings is 3. The van der Waals surface area contributed by atoms with Crippen molar-refractivity contribution in [3.63, 3.8) is 0 Å². The fourth-order valence-electron chi connectivity index (χ4n) is 3.72. The second-order valence-electron chi connectivity index (χ2n) is 7.56. The van der Waals surface area contributed by atoms with Crippen LogP contribution in [0.15, 0.2) is 71.8 Å². The monoisotopic (exact) mass is 494 g/mol. The van der Waals surface area contributed by atoms with Crippen molar-refractivity contribution in [2.45, 2.75) is 13.3 Å². The Labute approximate surface area is 207 Å². The molecule has 0 aliphatic carbocycles. The number of nitrogens with two attached hydrogens (primary N) is 3. The Morgan fingerprint density at radius 1 is 1.06 bits per heavy atom. The van der Waals surface area contributed by atoms with E-state index in [1.54, 1.807) is 30.4 Å². The predicted molar refractivity (Wildman–Crippen MR) is 141 cm³/mol. The lowest BCUT2D eigenvalue weighted by Crippen LogP contribution is -2.29. The summed E-state index contributed by atoms with van der Waals surface area (Å²) in [6.07, 6.45) is 3.95. The molecule has 9 heteroatoms. The van der Waals surface area contributed by atoms with Gasteiger partial charge in [-0.15, -0.1) is 0 Å². The number of hydrogen-bond acceptors (Lipinski definition) is 5. The normalized spacial score (nSPS) is 12.5. The summed E-state index contributed by atoms with van der Waals surface area (Å²) in [5, 5.41) is 11.2. The van der Waals surface area contributed by atoms with Crippen molar-refractivity contribution in [1.82, 2.24) is 5.43 Å². The van der Waals surface area contributed by atoms with Crippen molar-refractivity contribution < 1.29 is 8.78 Å². The Morgan fingerprint density at radius 3 is 2.31 bits per heavy atom. The third-order valence-corrected chi connectivity index (χ3v) is 5.72. The summed E-state index contributed by atoms with van der Waals surface area (Å²) in [6.45, 7) is 1.95. The molecule has 0 aliphatic rings. The first-order valence-corrected chi connectivity index (χ1v) is 11.0. The van der Waals surface area contributed by atoms with Crippen LogP contribution in [0.2, 0.25) is 5.02 Å². The van der Waals surface area contributed by atoms with Gasteiger partial charge >= 0.3 is 0 Å². The molecule has 0 amide bonds. The van der Waals surface area contributed by atoms with Crippen molar-refractivity contribution in [3.8, 4) is 0 Å². The molecule has 35 heavy (non-hydrogen) atoms. The number of amidine groups is 1. The highest BCUT2D eigenvalue weighted by atomic mass is 35.5. The van der Waals surface area contributed by atoms with Crippen LogP contribution in [0, 0.1) is 11.2 Å². The number of nitrogens with zero attached hydrogens (tertiary/aromatic N) is 1. The maximum Gasteiger partial charge on any atom is 0.214 e. The Kier molecular flexibility index (Phi) is 8.35. The minimum absolute atomic E-state index is 0.0110. The molecule has 0 aromatic heterocycles. The van der Waals surface area contributed by atoms with Gasteiger partial charge < -0.3 is 17.0 Å². The molecule has 0 saturated carbocycles. The Hall–Kier alpha value is -4.01. The SMILES string of the molecule is CC/C(=C(/c1ccc(/C=C/C(=N/N)NN)cc1)c1ccc(N)c(C(=N)F)c1)c1ccc(F)cc1Cl. The van der Waals surface area contributed by atoms with Gasteiger partial charge in [-0.25, -0.2) is 10.2 Å². The lowest BCUT2D eigenvalue weighted by molar-refractivity contribution is 0.628. The Balaban J connectivity index is 2.24. The van der Waals surface area contributed by atoms with Gasteiger partial charge in [0, 0.05) is 5.69 Å². The predicted octanol–water partition coefficient (Wildman–Crippen LogP) is 5.47. The summed E-state index contributed by atoms with van der Waals surface area (Å²) in [5.41, 5.74) is 12.9. The van der Waals surface area contributed by atoms with Crippen molar-refractivity contribution in [2.24, 2.45) is 16.8 Å². The highest BCUT2D eigenvalue weighted by Crippen LogP contribution is 2.38. The summed E-state index contributed by atoms with van der Waals surface area (Å²) in [5.74, 6) is 9.32. The van der Waals surface area contributed by atoms with Crippen LogP contribution in [-0.2, 0) is 0 Å². The van der Waals surface area contributed by atoms with Gasteiger partial charge in [0.2, 0.25) is 5.97 Å². The molecule has 0 heterocycles. The van der Waals surface area contributed by atoms with Crippen LogP contribution >= 0.6 is 11.6 Å². The summed E-state index contributed by atoms with van der Waals surface area (Å²) < 4.78 is 27.7. The lowest BCUT2D eigenvalue weighted by atomic mass is 9.87. The average Bonchev–Trinajstić information content (AvgIpc) is 2.84. The number of halogens is 3. The second-order valence-corrected chi connectivity index (χ2v) is 7.97. The smallest absolute Gasteiger partial charge is 0.214 e. The van der Waals surface area contributed by atoms with Gasteiger partial charge in [-0.2, -0.15) is 9.49 Å². The number of allylic oxidation sites excluding steroid dienone is 1. The van der Waals surface area contributed by atoms with Gasteiger partial charge in [-0.3, -0.25) is 5.41 Å². The van der Waals surface area contributed by atoms with Gasteiger partial charge in [0.15, 0.2) is 5.84 Å². The molecular weight excluding hydrogens is 470 g/mol. The van der Waals surface area contributed by atoms with Crippen LogP contribution in [0.3, 0.4) is 0 Å². The first kappa shape index (κ1) is 25.6. The van der Waals surface area contributed by atoms with Crippen LogP contribution in [0.25, 0.3) is 17.2 Å². The third-order valence-electron chi connectivity index (χ3n) is 5.41. The van der Waals surface area contributed by atoms with E-state index in [4.69, 9.17) is 34.4 Å². The molecule has 6 nitrogen and oxygen atoms in total. The molecule has 0 fully saturated rings. The lowest BCUT2D eigenvalue weighted by Gasteiger charge is -2.18. The number of hydrazone groups is 1. The topological polar surface area (TPSA) is 126 Å². The molecule has 3 aromatic carbocycles. The van der Waals surface area contributed by atoms with E-state index < -0.39 is 11.8 Å². The van der Waals surface area contributed by atoms with E-state index in [1.165, 1.54) is 18.2 Å². The van der Waals surface area contributed by atoms with Gasteiger partial charge in [0.05, 0.1) is 10.6 Å². The molecule has 0 bridgehead atoms. The van der Waals surface area contributed by atoms with Crippen molar-refractivity contribution in [2.75, 3.05) is 5.73 Å². The molecule has 3 aromatic rings. The largest absolute Gasteiger partial charge is 0.398 e. The first-order chi connectivity index (χ1) is 16.8. The minimum Gasteiger partial charge on any atom is -0.398 e. The van der Waals surface area contributed by atoms with Crippen LogP contribution < -0.4 is 22.8 Å². The van der Waals surface area contributed by atoms with Gasteiger partial charge in [0.1, 0.15) is 5.82 Å². The standard InChI is InChI=1S/C26H25ClF2N6/c1-2-19(20-10-9-18(28)14-22(20)27)25(17-8-11-23(30)21(13-17)26(29)31)16-6-3-15(4-7-16)5-12-24(34-32)35-33/h3-14,31H,2,30,32-33H2,1H3,(H,34,35)/b12-5+,25-19+,31-26?. The zero-order valence-corrected chi connectivity index (χ0v) is 19.7. The molecule has 0 atom stereocenters. The molecule has 0 radical (unpaired) electrons. The number of hydrazine groups is 1. The molecule has 0 spiro atoms. The van der Waals surface area contributed by atoms with Crippen molar-refractivity contribution in [1.29, 1.82) is 5.41 Å². The summed E-state index contributed by atoms with van der Waals surface area (Å²) in [4.78, 5) is 0. The molecule has 0 aliphatic heterocycles. The van der Waals surface area contributed by atoms with Crippen molar-refractivity contribution >= 4 is 46.3 Å². The zero-order chi connectivity index (χ0) is 25.5. The number of nitrogen functional groups attached to an aromatic ring is 1. The Morgan fingerprint density at radius 2 is 1.74 bits per heavy atom. The van der Waals surface area contributed by atoms with Crippen molar-refractivity contribution in [3.05, 3.63) is 105 Å². The average molecular weight is 495 g/mol. The number of anilines is 1. The number of hydrogen-bond donors (Lipinski definition) is 5. The molecule has 180 valence electrons. The molecule has 8 N–H and O–H groups in total. The van der Waals surface area contributed by atoms with E-state index in [0.717, 1.165) is 22.3 Å². The maximum atomic E-state index is 13.9. The van der Waals surface area contributed by atoms with E-state index in [-0.39, 0.29) is 16.3 Å². The van der Waals surface area contributed by atoms with Crippen LogP contribution in [0.5, 0.6) is 0 Å². The van der Waals surface area contributed by atoms with Crippen LogP contribution in [0.1, 0.15) is 41.2 Å². The first-order valence-electron chi connectivity index (χ1n) is 10.6. The highest BCUT2D eigenvalue weighted by Gasteiger charge is 2.17. The van der Waals surface area contributed by atoms with Crippen LogP contribution in [-0.4, -0.2) is 11.8 Å². The molecule has 0 unspecified atom stereocenters. The molecular formula is C26H25ClF2N6. The quantitative estimate of drug-likeness (QED) is 0.0744. The molecule has 0 saturated heterocycles. The van der Waals surface area contributed by atoms with E-state index in [1.807, 2.05) is 31.2 Å². The second kappa shape index (κ2) is 11.4. The van der Waals surface area contributed by atoms with E-state index >= 15 is 0 Å². The number of rotatable bonds is 7. The molecule has 3 rings (SSSR count).